The Bertz CT molecular complexity index is 894. The van der Waals surface area contributed by atoms with Crippen molar-refractivity contribution in [3.8, 4) is 0 Å². The van der Waals surface area contributed by atoms with Crippen molar-refractivity contribution in [1.29, 1.82) is 0 Å². The monoisotopic (exact) mass is 364 g/mol. The lowest BCUT2D eigenvalue weighted by Gasteiger charge is -2.17. The summed E-state index contributed by atoms with van der Waals surface area (Å²) >= 11 is 1.64. The van der Waals surface area contributed by atoms with Crippen molar-refractivity contribution in [2.75, 3.05) is 25.2 Å². The van der Waals surface area contributed by atoms with E-state index in [0.29, 0.717) is 6.42 Å². The number of carbonyl (C=O) groups excluding carboxylic acids is 1. The predicted molar refractivity (Wildman–Crippen MR) is 112 cm³/mol. The molecule has 0 spiro atoms. The van der Waals surface area contributed by atoms with E-state index in [1.807, 2.05) is 30.5 Å². The lowest BCUT2D eigenvalue weighted by Crippen LogP contribution is -2.24. The molecule has 0 bridgehead atoms. The number of nitrogens with one attached hydrogen (secondary N) is 1. The first-order valence-electron chi connectivity index (χ1n) is 8.75. The van der Waals surface area contributed by atoms with Crippen molar-refractivity contribution >= 4 is 34.1 Å². The van der Waals surface area contributed by atoms with E-state index >= 15 is 0 Å². The minimum Gasteiger partial charge on any atom is -0.325 e. The van der Waals surface area contributed by atoms with Crippen LogP contribution >= 0.6 is 11.8 Å². The Labute approximate surface area is 159 Å². The maximum Gasteiger partial charge on any atom is 0.225 e. The van der Waals surface area contributed by atoms with Crippen LogP contribution in [0.2, 0.25) is 0 Å². The number of nitrogens with zero attached hydrogens (tertiary/aromatic N) is 1. The molecule has 0 aliphatic heterocycles. The van der Waals surface area contributed by atoms with Crippen molar-refractivity contribution in [2.24, 2.45) is 0 Å². The minimum atomic E-state index is 0.0526. The van der Waals surface area contributed by atoms with E-state index in [1.165, 1.54) is 16.3 Å². The van der Waals surface area contributed by atoms with Gasteiger partial charge in [-0.05, 0) is 47.8 Å². The quantitative estimate of drug-likeness (QED) is 0.597. The fraction of sp³-hybridized carbons (Fsp3) is 0.227. The summed E-state index contributed by atoms with van der Waals surface area (Å²) in [6.45, 7) is 1.56. The summed E-state index contributed by atoms with van der Waals surface area (Å²) < 4.78 is 0. The highest BCUT2D eigenvalue weighted by Crippen LogP contribution is 2.24. The zero-order valence-corrected chi connectivity index (χ0v) is 16.1. The molecule has 0 heterocycles. The third kappa shape index (κ3) is 4.87. The second-order valence-corrected chi connectivity index (χ2v) is 7.27. The average Bonchev–Trinajstić information content (AvgIpc) is 2.67. The normalized spacial score (nSPS) is 11.0. The maximum absolute atomic E-state index is 12.3. The standard InChI is InChI=1S/C22H24N2OS/c1-24(16-17-11-12-18-7-3-4-8-19(18)15-17)14-13-22(25)23-20-9-5-6-10-21(20)26-2/h3-12,15H,13-14,16H2,1-2H3,(H,23,25). The molecule has 1 amide bonds. The summed E-state index contributed by atoms with van der Waals surface area (Å²) in [6.07, 6.45) is 2.50. The molecule has 0 aliphatic rings. The number of hydrogen-bond acceptors (Lipinski definition) is 3. The molecular weight excluding hydrogens is 340 g/mol. The van der Waals surface area contributed by atoms with Gasteiger partial charge in [0.15, 0.2) is 0 Å². The lowest BCUT2D eigenvalue weighted by molar-refractivity contribution is -0.116. The molecular formula is C22H24N2OS. The fourth-order valence-electron chi connectivity index (χ4n) is 2.98. The van der Waals surface area contributed by atoms with Gasteiger partial charge in [-0.3, -0.25) is 4.79 Å². The van der Waals surface area contributed by atoms with E-state index < -0.39 is 0 Å². The van der Waals surface area contributed by atoms with Crippen LogP contribution in [-0.4, -0.2) is 30.7 Å². The number of rotatable bonds is 7. The number of thioether (sulfide) groups is 1. The van der Waals surface area contributed by atoms with Crippen LogP contribution in [0.3, 0.4) is 0 Å². The summed E-state index contributed by atoms with van der Waals surface area (Å²) in [5, 5.41) is 5.53. The largest absolute Gasteiger partial charge is 0.325 e. The molecule has 4 heteroatoms. The Morgan fingerprint density at radius 1 is 1.00 bits per heavy atom. The van der Waals surface area contributed by atoms with Gasteiger partial charge in [-0.25, -0.2) is 0 Å². The molecule has 0 fully saturated rings. The first kappa shape index (κ1) is 18.5. The molecule has 3 rings (SSSR count). The average molecular weight is 365 g/mol. The highest BCUT2D eigenvalue weighted by molar-refractivity contribution is 7.98. The number of fused-ring (bicyclic) bond motifs is 1. The van der Waals surface area contributed by atoms with Gasteiger partial charge in [0.25, 0.3) is 0 Å². The number of carbonyl (C=O) groups is 1. The highest BCUT2D eigenvalue weighted by atomic mass is 32.2. The van der Waals surface area contributed by atoms with Crippen LogP contribution in [0.4, 0.5) is 5.69 Å². The van der Waals surface area contributed by atoms with Gasteiger partial charge in [-0.15, -0.1) is 11.8 Å². The van der Waals surface area contributed by atoms with Crippen LogP contribution in [-0.2, 0) is 11.3 Å². The summed E-state index contributed by atoms with van der Waals surface area (Å²) in [5.74, 6) is 0.0526. The van der Waals surface area contributed by atoms with E-state index in [9.17, 15) is 4.79 Å². The van der Waals surface area contributed by atoms with Gasteiger partial charge in [-0.2, -0.15) is 0 Å². The number of benzene rings is 3. The van der Waals surface area contributed by atoms with E-state index in [-0.39, 0.29) is 5.91 Å². The van der Waals surface area contributed by atoms with Crippen LogP contribution < -0.4 is 5.32 Å². The van der Waals surface area contributed by atoms with Crippen molar-refractivity contribution < 1.29 is 4.79 Å². The van der Waals surface area contributed by atoms with Crippen molar-refractivity contribution in [2.45, 2.75) is 17.9 Å². The molecule has 3 aromatic carbocycles. The number of hydrogen-bond donors (Lipinski definition) is 1. The van der Waals surface area contributed by atoms with Crippen molar-refractivity contribution in [3.05, 3.63) is 72.3 Å². The van der Waals surface area contributed by atoms with Gasteiger partial charge < -0.3 is 10.2 Å². The smallest absolute Gasteiger partial charge is 0.225 e. The molecule has 0 atom stereocenters. The van der Waals surface area contributed by atoms with Crippen molar-refractivity contribution in [3.63, 3.8) is 0 Å². The van der Waals surface area contributed by atoms with E-state index in [2.05, 4.69) is 59.7 Å². The summed E-state index contributed by atoms with van der Waals surface area (Å²) in [6, 6.07) is 22.8. The summed E-state index contributed by atoms with van der Waals surface area (Å²) in [5.41, 5.74) is 2.15. The summed E-state index contributed by atoms with van der Waals surface area (Å²) in [7, 11) is 2.05. The van der Waals surface area contributed by atoms with E-state index in [4.69, 9.17) is 0 Å². The zero-order chi connectivity index (χ0) is 18.4. The van der Waals surface area contributed by atoms with Gasteiger partial charge in [0.2, 0.25) is 5.91 Å². The maximum atomic E-state index is 12.3. The van der Waals surface area contributed by atoms with Gasteiger partial charge in [0.1, 0.15) is 0 Å². The Balaban J connectivity index is 1.52. The first-order chi connectivity index (χ1) is 12.7. The highest BCUT2D eigenvalue weighted by Gasteiger charge is 2.08. The zero-order valence-electron chi connectivity index (χ0n) is 15.2. The fourth-order valence-corrected chi connectivity index (χ4v) is 3.53. The molecule has 3 aromatic rings. The third-order valence-corrected chi connectivity index (χ3v) is 5.16. The van der Waals surface area contributed by atoms with Crippen LogP contribution in [0.25, 0.3) is 10.8 Å². The molecule has 0 aromatic heterocycles. The minimum absolute atomic E-state index is 0.0526. The molecule has 0 aliphatic carbocycles. The second kappa shape index (κ2) is 8.88. The van der Waals surface area contributed by atoms with E-state index in [0.717, 1.165) is 23.7 Å². The molecule has 0 unspecified atom stereocenters. The molecule has 0 saturated heterocycles. The Morgan fingerprint density at radius 2 is 1.73 bits per heavy atom. The lowest BCUT2D eigenvalue weighted by atomic mass is 10.1. The predicted octanol–water partition coefficient (Wildman–Crippen LogP) is 5.02. The van der Waals surface area contributed by atoms with E-state index in [1.54, 1.807) is 11.8 Å². The molecule has 134 valence electrons. The van der Waals surface area contributed by atoms with Crippen LogP contribution in [0.5, 0.6) is 0 Å². The number of anilines is 1. The van der Waals surface area contributed by atoms with Gasteiger partial charge in [0.05, 0.1) is 5.69 Å². The second-order valence-electron chi connectivity index (χ2n) is 6.42. The van der Waals surface area contributed by atoms with Gasteiger partial charge in [0, 0.05) is 24.4 Å². The number of amides is 1. The third-order valence-electron chi connectivity index (χ3n) is 4.37. The van der Waals surface area contributed by atoms with Gasteiger partial charge in [-0.1, -0.05) is 48.5 Å². The Morgan fingerprint density at radius 3 is 2.54 bits per heavy atom. The number of para-hydroxylation sites is 1. The Kier molecular flexibility index (Phi) is 6.31. The molecule has 0 saturated carbocycles. The van der Waals surface area contributed by atoms with Gasteiger partial charge >= 0.3 is 0 Å². The first-order valence-corrected chi connectivity index (χ1v) is 9.97. The van der Waals surface area contributed by atoms with Crippen LogP contribution in [0.1, 0.15) is 12.0 Å². The van der Waals surface area contributed by atoms with Crippen LogP contribution in [0.15, 0.2) is 71.6 Å². The topological polar surface area (TPSA) is 32.3 Å². The SMILES string of the molecule is CSc1ccccc1NC(=O)CCN(C)Cc1ccc2ccccc2c1. The Hall–Kier alpha value is -2.30. The molecule has 1 N–H and O–H groups in total. The summed E-state index contributed by atoms with van der Waals surface area (Å²) in [4.78, 5) is 15.5. The van der Waals surface area contributed by atoms with Crippen molar-refractivity contribution in [1.82, 2.24) is 4.90 Å². The molecule has 3 nitrogen and oxygen atoms in total. The molecule has 26 heavy (non-hydrogen) atoms. The molecule has 0 radical (unpaired) electrons. The van der Waals surface area contributed by atoms with Crippen LogP contribution in [0, 0.1) is 0 Å².